The third-order valence-electron chi connectivity index (χ3n) is 3.32. The van der Waals surface area contributed by atoms with E-state index in [0.29, 0.717) is 23.1 Å². The highest BCUT2D eigenvalue weighted by molar-refractivity contribution is 9.10. The van der Waals surface area contributed by atoms with Crippen molar-refractivity contribution < 1.29 is 9.53 Å². The molecule has 0 aromatic heterocycles. The summed E-state index contributed by atoms with van der Waals surface area (Å²) in [6, 6.07) is 10.4. The van der Waals surface area contributed by atoms with E-state index in [1.54, 1.807) is 12.1 Å². The Kier molecular flexibility index (Phi) is 3.89. The second-order valence-corrected chi connectivity index (χ2v) is 5.98. The van der Waals surface area contributed by atoms with Gasteiger partial charge < -0.3 is 15.8 Å². The molecule has 3 N–H and O–H groups in total. The van der Waals surface area contributed by atoms with Gasteiger partial charge in [-0.3, -0.25) is 4.79 Å². The van der Waals surface area contributed by atoms with Gasteiger partial charge in [0.1, 0.15) is 18.4 Å². The van der Waals surface area contributed by atoms with Crippen molar-refractivity contribution in [1.82, 2.24) is 0 Å². The van der Waals surface area contributed by atoms with Gasteiger partial charge >= 0.3 is 0 Å². The monoisotopic (exact) mass is 366 g/mol. The first-order valence-electron chi connectivity index (χ1n) is 6.32. The van der Waals surface area contributed by atoms with E-state index < -0.39 is 6.04 Å². The lowest BCUT2D eigenvalue weighted by Crippen LogP contribution is -2.19. The average molecular weight is 368 g/mol. The summed E-state index contributed by atoms with van der Waals surface area (Å²) in [5.41, 5.74) is 8.14. The molecular weight excluding hydrogens is 356 g/mol. The summed E-state index contributed by atoms with van der Waals surface area (Å²) < 4.78 is 6.53. The summed E-state index contributed by atoms with van der Waals surface area (Å²) >= 11 is 9.53. The average Bonchev–Trinajstić information content (AvgIpc) is 2.73. The first-order chi connectivity index (χ1) is 10.1. The zero-order valence-corrected chi connectivity index (χ0v) is 13.2. The van der Waals surface area contributed by atoms with Crippen molar-refractivity contribution in [2.24, 2.45) is 5.73 Å². The van der Waals surface area contributed by atoms with Crippen molar-refractivity contribution in [1.29, 1.82) is 0 Å². The minimum Gasteiger partial charge on any atom is -0.488 e. The molecule has 6 heteroatoms. The first kappa shape index (κ1) is 14.4. The number of anilines is 1. The van der Waals surface area contributed by atoms with Crippen LogP contribution in [0.25, 0.3) is 0 Å². The molecule has 108 valence electrons. The van der Waals surface area contributed by atoms with E-state index in [9.17, 15) is 4.79 Å². The number of carbonyl (C=O) groups is 1. The van der Waals surface area contributed by atoms with Gasteiger partial charge in [0, 0.05) is 27.9 Å². The third-order valence-corrected chi connectivity index (χ3v) is 4.31. The lowest BCUT2D eigenvalue weighted by molar-refractivity contribution is -0.116. The maximum Gasteiger partial charge on any atom is 0.245 e. The van der Waals surface area contributed by atoms with Gasteiger partial charge in [0.15, 0.2) is 0 Å². The van der Waals surface area contributed by atoms with Crippen LogP contribution < -0.4 is 15.8 Å². The standard InChI is InChI=1S/C15H12BrClN2O2/c16-10-5-9-12(19-15(20)14(9)18)6-13(10)21-7-8-3-1-2-4-11(8)17/h1-6,14H,7,18H2,(H,19,20). The molecule has 0 aliphatic carbocycles. The molecule has 0 fully saturated rings. The van der Waals surface area contributed by atoms with E-state index in [-0.39, 0.29) is 5.91 Å². The predicted octanol–water partition coefficient (Wildman–Crippen LogP) is 3.63. The van der Waals surface area contributed by atoms with E-state index in [1.165, 1.54) is 0 Å². The van der Waals surface area contributed by atoms with Crippen molar-refractivity contribution in [3.05, 3.63) is 57.0 Å². The number of hydrogen-bond acceptors (Lipinski definition) is 3. The Labute approximate surface area is 135 Å². The van der Waals surface area contributed by atoms with Gasteiger partial charge in [-0.1, -0.05) is 29.8 Å². The first-order valence-corrected chi connectivity index (χ1v) is 7.49. The molecule has 0 spiro atoms. The molecule has 21 heavy (non-hydrogen) atoms. The molecule has 3 rings (SSSR count). The maximum atomic E-state index is 11.6. The number of nitrogens with one attached hydrogen (secondary N) is 1. The van der Waals surface area contributed by atoms with Gasteiger partial charge in [-0.25, -0.2) is 0 Å². The lowest BCUT2D eigenvalue weighted by atomic mass is 10.1. The number of fused-ring (bicyclic) bond motifs is 1. The minimum atomic E-state index is -0.631. The normalized spacial score (nSPS) is 16.5. The van der Waals surface area contributed by atoms with Gasteiger partial charge in [0.05, 0.1) is 4.47 Å². The van der Waals surface area contributed by atoms with E-state index in [4.69, 9.17) is 22.1 Å². The fraction of sp³-hybridized carbons (Fsp3) is 0.133. The quantitative estimate of drug-likeness (QED) is 0.870. The zero-order chi connectivity index (χ0) is 15.0. The molecule has 4 nitrogen and oxygen atoms in total. The van der Waals surface area contributed by atoms with E-state index in [2.05, 4.69) is 21.2 Å². The fourth-order valence-corrected chi connectivity index (χ4v) is 2.83. The molecule has 0 saturated heterocycles. The number of nitrogens with two attached hydrogens (primary N) is 1. The summed E-state index contributed by atoms with van der Waals surface area (Å²) in [5.74, 6) is 0.420. The molecule has 1 atom stereocenters. The minimum absolute atomic E-state index is 0.208. The third kappa shape index (κ3) is 2.77. The number of benzene rings is 2. The molecular formula is C15H12BrClN2O2. The van der Waals surface area contributed by atoms with Gasteiger partial charge in [0.2, 0.25) is 5.91 Å². The van der Waals surface area contributed by atoms with Crippen molar-refractivity contribution in [2.45, 2.75) is 12.6 Å². The molecule has 2 aromatic carbocycles. The topological polar surface area (TPSA) is 64.4 Å². The number of amides is 1. The van der Waals surface area contributed by atoms with Gasteiger partial charge in [0.25, 0.3) is 0 Å². The highest BCUT2D eigenvalue weighted by atomic mass is 79.9. The molecule has 0 saturated carbocycles. The second-order valence-electron chi connectivity index (χ2n) is 4.72. The van der Waals surface area contributed by atoms with Crippen LogP contribution >= 0.6 is 27.5 Å². The number of carbonyl (C=O) groups excluding carboxylic acids is 1. The predicted molar refractivity (Wildman–Crippen MR) is 85.5 cm³/mol. The Balaban J connectivity index is 1.83. The van der Waals surface area contributed by atoms with Crippen LogP contribution in [0.3, 0.4) is 0 Å². The second kappa shape index (κ2) is 5.67. The van der Waals surface area contributed by atoms with Crippen molar-refractivity contribution in [3.8, 4) is 5.75 Å². The van der Waals surface area contributed by atoms with Crippen molar-refractivity contribution in [3.63, 3.8) is 0 Å². The number of halogens is 2. The molecule has 0 radical (unpaired) electrons. The van der Waals surface area contributed by atoms with E-state index in [0.717, 1.165) is 15.6 Å². The Morgan fingerprint density at radius 3 is 2.86 bits per heavy atom. The Hall–Kier alpha value is -1.56. The summed E-state index contributed by atoms with van der Waals surface area (Å²) in [6.07, 6.45) is 0. The molecule has 0 bridgehead atoms. The van der Waals surface area contributed by atoms with Crippen LogP contribution in [0.5, 0.6) is 5.75 Å². The molecule has 1 aliphatic heterocycles. The highest BCUT2D eigenvalue weighted by Gasteiger charge is 2.28. The summed E-state index contributed by atoms with van der Waals surface area (Å²) in [4.78, 5) is 11.6. The van der Waals surface area contributed by atoms with Crippen LogP contribution in [0.4, 0.5) is 5.69 Å². The molecule has 2 aromatic rings. The van der Waals surface area contributed by atoms with Gasteiger partial charge in [-0.05, 0) is 28.1 Å². The number of rotatable bonds is 3. The fourth-order valence-electron chi connectivity index (χ4n) is 2.17. The van der Waals surface area contributed by atoms with Crippen LogP contribution in [0.1, 0.15) is 17.2 Å². The molecule has 1 unspecified atom stereocenters. The summed E-state index contributed by atoms with van der Waals surface area (Å²) in [6.45, 7) is 0.344. The van der Waals surface area contributed by atoms with Crippen LogP contribution in [0.15, 0.2) is 40.9 Å². The van der Waals surface area contributed by atoms with Crippen LogP contribution in [0, 0.1) is 0 Å². The maximum absolute atomic E-state index is 11.6. The SMILES string of the molecule is NC1C(=O)Nc2cc(OCc3ccccc3Cl)c(Br)cc21. The van der Waals surface area contributed by atoms with Crippen LogP contribution in [-0.2, 0) is 11.4 Å². The van der Waals surface area contributed by atoms with E-state index in [1.807, 2.05) is 24.3 Å². The highest BCUT2D eigenvalue weighted by Crippen LogP contribution is 2.38. The summed E-state index contributed by atoms with van der Waals surface area (Å²) in [7, 11) is 0. The largest absolute Gasteiger partial charge is 0.488 e. The Morgan fingerprint density at radius 1 is 1.33 bits per heavy atom. The van der Waals surface area contributed by atoms with Gasteiger partial charge in [-0.15, -0.1) is 0 Å². The number of hydrogen-bond donors (Lipinski definition) is 2. The molecule has 1 aliphatic rings. The van der Waals surface area contributed by atoms with Crippen molar-refractivity contribution >= 4 is 39.1 Å². The molecule has 1 heterocycles. The summed E-state index contributed by atoms with van der Waals surface area (Å²) in [5, 5.41) is 3.39. The lowest BCUT2D eigenvalue weighted by Gasteiger charge is -2.11. The van der Waals surface area contributed by atoms with E-state index >= 15 is 0 Å². The Morgan fingerprint density at radius 2 is 2.10 bits per heavy atom. The zero-order valence-electron chi connectivity index (χ0n) is 10.9. The van der Waals surface area contributed by atoms with Gasteiger partial charge in [-0.2, -0.15) is 0 Å². The van der Waals surface area contributed by atoms with Crippen molar-refractivity contribution in [2.75, 3.05) is 5.32 Å². The number of ether oxygens (including phenoxy) is 1. The van der Waals surface area contributed by atoms with Crippen LogP contribution in [-0.4, -0.2) is 5.91 Å². The van der Waals surface area contributed by atoms with Crippen LogP contribution in [0.2, 0.25) is 5.02 Å². The molecule has 1 amide bonds. The Bertz CT molecular complexity index is 721. The smallest absolute Gasteiger partial charge is 0.245 e.